The van der Waals surface area contributed by atoms with Crippen LogP contribution in [0.25, 0.3) is 0 Å². The standard InChI is InChI=1S/C23H31N3O3S/c1-4-22(26(30(3,28)29)21-12-8-9-19(2)17-21)23(27)25-15-13-24(14-16-25)18-20-10-6-5-7-11-20/h5-12,17,22H,4,13-16,18H2,1-3H3. The highest BCUT2D eigenvalue weighted by Crippen LogP contribution is 2.25. The van der Waals surface area contributed by atoms with Crippen molar-refractivity contribution in [3.05, 3.63) is 65.7 Å². The number of piperazine rings is 1. The number of nitrogens with zero attached hydrogens (tertiary/aromatic N) is 3. The van der Waals surface area contributed by atoms with Gasteiger partial charge >= 0.3 is 0 Å². The van der Waals surface area contributed by atoms with E-state index in [4.69, 9.17) is 0 Å². The molecule has 6 nitrogen and oxygen atoms in total. The Hall–Kier alpha value is -2.38. The number of hydrogen-bond acceptors (Lipinski definition) is 4. The molecule has 0 radical (unpaired) electrons. The summed E-state index contributed by atoms with van der Waals surface area (Å²) in [6.07, 6.45) is 1.59. The summed E-state index contributed by atoms with van der Waals surface area (Å²) in [5.74, 6) is -0.121. The summed E-state index contributed by atoms with van der Waals surface area (Å²) in [6.45, 7) is 7.40. The number of anilines is 1. The van der Waals surface area contributed by atoms with Gasteiger partial charge in [0, 0.05) is 32.7 Å². The molecule has 0 saturated carbocycles. The van der Waals surface area contributed by atoms with E-state index in [1.165, 1.54) is 16.1 Å². The van der Waals surface area contributed by atoms with Gasteiger partial charge < -0.3 is 4.90 Å². The first kappa shape index (κ1) is 22.3. The van der Waals surface area contributed by atoms with Gasteiger partial charge in [-0.3, -0.25) is 14.0 Å². The molecular formula is C23H31N3O3S. The van der Waals surface area contributed by atoms with Gasteiger partial charge in [-0.1, -0.05) is 49.4 Å². The Morgan fingerprint density at radius 2 is 1.70 bits per heavy atom. The topological polar surface area (TPSA) is 60.9 Å². The first-order chi connectivity index (χ1) is 14.3. The molecule has 1 atom stereocenters. The fraction of sp³-hybridized carbons (Fsp3) is 0.435. The van der Waals surface area contributed by atoms with Gasteiger partial charge in [-0.25, -0.2) is 8.42 Å². The molecule has 1 unspecified atom stereocenters. The molecule has 0 N–H and O–H groups in total. The maximum absolute atomic E-state index is 13.3. The van der Waals surface area contributed by atoms with Crippen molar-refractivity contribution in [2.24, 2.45) is 0 Å². The lowest BCUT2D eigenvalue weighted by atomic mass is 10.1. The molecule has 1 fully saturated rings. The van der Waals surface area contributed by atoms with Crippen LogP contribution in [0.3, 0.4) is 0 Å². The Morgan fingerprint density at radius 1 is 1.03 bits per heavy atom. The van der Waals surface area contributed by atoms with Crippen LogP contribution in [0.5, 0.6) is 0 Å². The van der Waals surface area contributed by atoms with Crippen LogP contribution in [-0.4, -0.2) is 62.6 Å². The fourth-order valence-electron chi connectivity index (χ4n) is 3.99. The summed E-state index contributed by atoms with van der Waals surface area (Å²) >= 11 is 0. The third-order valence-corrected chi connectivity index (χ3v) is 6.68. The predicted molar refractivity (Wildman–Crippen MR) is 121 cm³/mol. The van der Waals surface area contributed by atoms with Crippen LogP contribution in [0, 0.1) is 6.92 Å². The second-order valence-electron chi connectivity index (χ2n) is 7.91. The van der Waals surface area contributed by atoms with Gasteiger partial charge in [-0.05, 0) is 36.6 Å². The van der Waals surface area contributed by atoms with E-state index in [-0.39, 0.29) is 5.91 Å². The summed E-state index contributed by atoms with van der Waals surface area (Å²) in [7, 11) is -3.61. The molecule has 162 valence electrons. The number of benzene rings is 2. The van der Waals surface area contributed by atoms with Crippen LogP contribution < -0.4 is 4.31 Å². The zero-order valence-corrected chi connectivity index (χ0v) is 18.8. The molecule has 0 aliphatic carbocycles. The van der Waals surface area contributed by atoms with E-state index in [2.05, 4.69) is 17.0 Å². The van der Waals surface area contributed by atoms with Gasteiger partial charge in [0.1, 0.15) is 6.04 Å². The van der Waals surface area contributed by atoms with Gasteiger partial charge in [0.15, 0.2) is 0 Å². The highest BCUT2D eigenvalue weighted by Gasteiger charge is 2.35. The summed E-state index contributed by atoms with van der Waals surface area (Å²) in [5, 5.41) is 0. The minimum atomic E-state index is -3.61. The number of rotatable bonds is 7. The van der Waals surface area contributed by atoms with E-state index < -0.39 is 16.1 Å². The zero-order chi connectivity index (χ0) is 21.7. The molecule has 3 rings (SSSR count). The molecule has 30 heavy (non-hydrogen) atoms. The third-order valence-electron chi connectivity index (χ3n) is 5.50. The van der Waals surface area contributed by atoms with E-state index in [1.807, 2.05) is 55.1 Å². The molecule has 1 aliphatic heterocycles. The predicted octanol–water partition coefficient (Wildman–Crippen LogP) is 2.88. The molecule has 0 spiro atoms. The Labute approximate surface area is 180 Å². The number of aryl methyl sites for hydroxylation is 1. The molecule has 0 bridgehead atoms. The number of hydrogen-bond donors (Lipinski definition) is 0. The van der Waals surface area contributed by atoms with Crippen LogP contribution >= 0.6 is 0 Å². The average Bonchev–Trinajstić information content (AvgIpc) is 2.72. The molecule has 1 saturated heterocycles. The third kappa shape index (κ3) is 5.40. The molecule has 1 amide bonds. The van der Waals surface area contributed by atoms with E-state index in [0.29, 0.717) is 25.2 Å². The quantitative estimate of drug-likeness (QED) is 0.679. The SMILES string of the molecule is CCC(C(=O)N1CCN(Cc2ccccc2)CC1)N(c1cccc(C)c1)S(C)(=O)=O. The lowest BCUT2D eigenvalue weighted by Crippen LogP contribution is -2.55. The minimum absolute atomic E-state index is 0.121. The number of sulfonamides is 1. The van der Waals surface area contributed by atoms with Gasteiger partial charge in [0.05, 0.1) is 11.9 Å². The zero-order valence-electron chi connectivity index (χ0n) is 18.0. The van der Waals surface area contributed by atoms with Crippen molar-refractivity contribution in [3.63, 3.8) is 0 Å². The lowest BCUT2D eigenvalue weighted by Gasteiger charge is -2.39. The minimum Gasteiger partial charge on any atom is -0.338 e. The molecule has 0 aromatic heterocycles. The lowest BCUT2D eigenvalue weighted by molar-refractivity contribution is -0.134. The molecular weight excluding hydrogens is 398 g/mol. The van der Waals surface area contributed by atoms with Gasteiger partial charge in [0.2, 0.25) is 15.9 Å². The summed E-state index contributed by atoms with van der Waals surface area (Å²) in [5.41, 5.74) is 2.75. The van der Waals surface area contributed by atoms with Crippen molar-refractivity contribution < 1.29 is 13.2 Å². The van der Waals surface area contributed by atoms with Crippen LogP contribution in [0.1, 0.15) is 24.5 Å². The largest absolute Gasteiger partial charge is 0.338 e. The number of carbonyl (C=O) groups excluding carboxylic acids is 1. The van der Waals surface area contributed by atoms with Gasteiger partial charge in [0.25, 0.3) is 0 Å². The smallest absolute Gasteiger partial charge is 0.246 e. The number of amides is 1. The molecule has 2 aromatic rings. The van der Waals surface area contributed by atoms with Crippen molar-refractivity contribution in [2.45, 2.75) is 32.9 Å². The monoisotopic (exact) mass is 429 g/mol. The van der Waals surface area contributed by atoms with E-state index in [9.17, 15) is 13.2 Å². The Balaban J connectivity index is 1.72. The molecule has 7 heteroatoms. The first-order valence-electron chi connectivity index (χ1n) is 10.4. The normalized spacial score (nSPS) is 16.3. The van der Waals surface area contributed by atoms with Gasteiger partial charge in [-0.15, -0.1) is 0 Å². The van der Waals surface area contributed by atoms with Crippen molar-refractivity contribution in [1.29, 1.82) is 0 Å². The van der Waals surface area contributed by atoms with Gasteiger partial charge in [-0.2, -0.15) is 0 Å². The van der Waals surface area contributed by atoms with Crippen molar-refractivity contribution in [2.75, 3.05) is 36.7 Å². The number of carbonyl (C=O) groups is 1. The maximum Gasteiger partial charge on any atom is 0.246 e. The Bertz CT molecular complexity index is 955. The second kappa shape index (κ2) is 9.62. The van der Waals surface area contributed by atoms with Crippen molar-refractivity contribution >= 4 is 21.6 Å². The summed E-state index contributed by atoms with van der Waals surface area (Å²) in [4.78, 5) is 17.5. The van der Waals surface area contributed by atoms with Crippen molar-refractivity contribution in [3.8, 4) is 0 Å². The van der Waals surface area contributed by atoms with Crippen LogP contribution in [-0.2, 0) is 21.4 Å². The maximum atomic E-state index is 13.3. The molecule has 1 heterocycles. The highest BCUT2D eigenvalue weighted by molar-refractivity contribution is 7.92. The second-order valence-corrected chi connectivity index (χ2v) is 9.77. The molecule has 2 aromatic carbocycles. The summed E-state index contributed by atoms with van der Waals surface area (Å²) < 4.78 is 26.6. The van der Waals surface area contributed by atoms with E-state index in [0.717, 1.165) is 25.2 Å². The highest BCUT2D eigenvalue weighted by atomic mass is 32.2. The summed E-state index contributed by atoms with van der Waals surface area (Å²) in [6, 6.07) is 16.9. The average molecular weight is 430 g/mol. The first-order valence-corrected chi connectivity index (χ1v) is 12.3. The van der Waals surface area contributed by atoms with Crippen LogP contribution in [0.4, 0.5) is 5.69 Å². The Kier molecular flexibility index (Phi) is 7.15. The fourth-order valence-corrected chi connectivity index (χ4v) is 5.19. The Morgan fingerprint density at radius 3 is 2.27 bits per heavy atom. The van der Waals surface area contributed by atoms with Crippen LogP contribution in [0.15, 0.2) is 54.6 Å². The van der Waals surface area contributed by atoms with Crippen LogP contribution in [0.2, 0.25) is 0 Å². The van der Waals surface area contributed by atoms with Crippen molar-refractivity contribution in [1.82, 2.24) is 9.80 Å². The van der Waals surface area contributed by atoms with E-state index in [1.54, 1.807) is 6.07 Å². The van der Waals surface area contributed by atoms with E-state index >= 15 is 0 Å². The molecule has 1 aliphatic rings.